The molecule has 0 unspecified atom stereocenters. The van der Waals surface area contributed by atoms with Gasteiger partial charge in [-0.2, -0.15) is 18.3 Å². The van der Waals surface area contributed by atoms with Gasteiger partial charge in [0.25, 0.3) is 5.91 Å². The van der Waals surface area contributed by atoms with Gasteiger partial charge in [-0.1, -0.05) is 6.07 Å². The van der Waals surface area contributed by atoms with Crippen LogP contribution in [0.1, 0.15) is 30.0 Å². The summed E-state index contributed by atoms with van der Waals surface area (Å²) >= 11 is 0. The van der Waals surface area contributed by atoms with E-state index in [1.165, 1.54) is 6.07 Å². The minimum absolute atomic E-state index is 0.194. The van der Waals surface area contributed by atoms with Gasteiger partial charge in [0.1, 0.15) is 17.1 Å². The fourth-order valence-electron chi connectivity index (χ4n) is 2.76. The highest BCUT2D eigenvalue weighted by Gasteiger charge is 2.33. The molecule has 0 saturated heterocycles. The quantitative estimate of drug-likeness (QED) is 0.619. The van der Waals surface area contributed by atoms with E-state index in [0.29, 0.717) is 30.1 Å². The molecule has 0 radical (unpaired) electrons. The average Bonchev–Trinajstić information content (AvgIpc) is 3.07. The fraction of sp³-hybridized carbons (Fsp3) is 0.350. The number of carbonyl (C=O) groups is 1. The Labute approximate surface area is 170 Å². The van der Waals surface area contributed by atoms with Crippen molar-refractivity contribution in [1.29, 1.82) is 0 Å². The molecule has 0 spiro atoms. The number of anilines is 1. The molecule has 7 nitrogen and oxygen atoms in total. The molecule has 0 bridgehead atoms. The maximum Gasteiger partial charge on any atom is 0.433 e. The van der Waals surface area contributed by atoms with E-state index in [4.69, 9.17) is 9.47 Å². The van der Waals surface area contributed by atoms with E-state index in [0.717, 1.165) is 17.5 Å². The highest BCUT2D eigenvalue weighted by Crippen LogP contribution is 2.32. The number of fused-ring (bicyclic) bond motifs is 1. The number of halogens is 3. The maximum absolute atomic E-state index is 12.9. The molecule has 0 atom stereocenters. The lowest BCUT2D eigenvalue weighted by Crippen LogP contribution is -2.18. The van der Waals surface area contributed by atoms with Crippen LogP contribution in [-0.4, -0.2) is 40.5 Å². The summed E-state index contributed by atoms with van der Waals surface area (Å²) in [4.78, 5) is 16.0. The first-order valence-corrected chi connectivity index (χ1v) is 9.20. The number of nitrogens with one attached hydrogen (secondary N) is 1. The minimum Gasteiger partial charge on any atom is -0.489 e. The van der Waals surface area contributed by atoms with Crippen molar-refractivity contribution in [3.63, 3.8) is 0 Å². The number of benzene rings is 1. The second kappa shape index (κ2) is 8.70. The number of ether oxygens (including phenoxy) is 2. The van der Waals surface area contributed by atoms with Crippen molar-refractivity contribution in [1.82, 2.24) is 14.8 Å². The van der Waals surface area contributed by atoms with Gasteiger partial charge in [0.2, 0.25) is 0 Å². The first-order chi connectivity index (χ1) is 14.2. The molecular weight excluding hydrogens is 401 g/mol. The van der Waals surface area contributed by atoms with E-state index < -0.39 is 17.8 Å². The van der Waals surface area contributed by atoms with Gasteiger partial charge in [-0.3, -0.25) is 9.48 Å². The molecule has 30 heavy (non-hydrogen) atoms. The molecule has 2 heterocycles. The van der Waals surface area contributed by atoms with Crippen LogP contribution in [0.4, 0.5) is 18.9 Å². The smallest absolute Gasteiger partial charge is 0.433 e. The Balaban J connectivity index is 1.94. The topological polar surface area (TPSA) is 78.3 Å². The van der Waals surface area contributed by atoms with Gasteiger partial charge in [-0.25, -0.2) is 4.98 Å². The molecule has 1 N–H and O–H groups in total. The number of aromatic nitrogens is 3. The second-order valence-electron chi connectivity index (χ2n) is 6.82. The molecule has 2 aromatic heterocycles. The van der Waals surface area contributed by atoms with Crippen molar-refractivity contribution in [3.8, 4) is 5.75 Å². The Morgan fingerprint density at radius 3 is 2.70 bits per heavy atom. The van der Waals surface area contributed by atoms with Crippen LogP contribution in [0.25, 0.3) is 10.9 Å². The van der Waals surface area contributed by atoms with Gasteiger partial charge >= 0.3 is 6.18 Å². The van der Waals surface area contributed by atoms with Gasteiger partial charge in [-0.05, 0) is 32.0 Å². The summed E-state index contributed by atoms with van der Waals surface area (Å²) in [5, 5.41) is 7.77. The van der Waals surface area contributed by atoms with Crippen molar-refractivity contribution in [3.05, 3.63) is 47.9 Å². The molecule has 3 rings (SSSR count). The van der Waals surface area contributed by atoms with Crippen molar-refractivity contribution in [2.45, 2.75) is 32.7 Å². The van der Waals surface area contributed by atoms with E-state index in [-0.39, 0.29) is 11.8 Å². The van der Waals surface area contributed by atoms with E-state index in [1.807, 2.05) is 13.8 Å². The van der Waals surface area contributed by atoms with E-state index in [9.17, 15) is 18.0 Å². The standard InChI is InChI=1S/C20H21F3N4O3/c1-12(2)30-17-10-15-13(11-27(26-15)7-8-29-3)9-16(17)25-19(28)14-5-4-6-18(24-14)20(21,22)23/h4-6,9-12H,7-8H2,1-3H3,(H,25,28). The summed E-state index contributed by atoms with van der Waals surface area (Å²) in [5.41, 5.74) is -0.525. The lowest BCUT2D eigenvalue weighted by molar-refractivity contribution is -0.141. The van der Waals surface area contributed by atoms with Crippen LogP contribution in [0, 0.1) is 0 Å². The Morgan fingerprint density at radius 2 is 2.03 bits per heavy atom. The maximum atomic E-state index is 12.9. The third-order valence-corrected chi connectivity index (χ3v) is 4.06. The number of amides is 1. The number of nitrogens with zero attached hydrogens (tertiary/aromatic N) is 3. The van der Waals surface area contributed by atoms with Crippen LogP contribution in [0.2, 0.25) is 0 Å². The molecule has 0 fully saturated rings. The number of carbonyl (C=O) groups excluding carboxylic acids is 1. The van der Waals surface area contributed by atoms with E-state index in [1.54, 1.807) is 30.1 Å². The molecule has 10 heteroatoms. The zero-order valence-electron chi connectivity index (χ0n) is 16.7. The molecule has 0 aliphatic carbocycles. The van der Waals surface area contributed by atoms with Gasteiger partial charge in [0.15, 0.2) is 0 Å². The molecule has 3 aromatic rings. The van der Waals surface area contributed by atoms with Gasteiger partial charge in [0.05, 0.1) is 30.5 Å². The Bertz CT molecular complexity index is 1050. The number of methoxy groups -OCH3 is 1. The van der Waals surface area contributed by atoms with Gasteiger partial charge < -0.3 is 14.8 Å². The summed E-state index contributed by atoms with van der Waals surface area (Å²) in [6.45, 7) is 4.66. The number of hydrogen-bond acceptors (Lipinski definition) is 5. The number of pyridine rings is 1. The summed E-state index contributed by atoms with van der Waals surface area (Å²) in [6, 6.07) is 6.50. The van der Waals surface area contributed by atoms with E-state index in [2.05, 4.69) is 15.4 Å². The zero-order chi connectivity index (χ0) is 21.9. The summed E-state index contributed by atoms with van der Waals surface area (Å²) < 4.78 is 51.2. The van der Waals surface area contributed by atoms with Crippen molar-refractivity contribution in [2.24, 2.45) is 0 Å². The Kier molecular flexibility index (Phi) is 6.25. The predicted molar refractivity (Wildman–Crippen MR) is 105 cm³/mol. The van der Waals surface area contributed by atoms with Crippen LogP contribution in [0.3, 0.4) is 0 Å². The van der Waals surface area contributed by atoms with Crippen LogP contribution in [0.5, 0.6) is 5.75 Å². The molecule has 160 valence electrons. The third-order valence-electron chi connectivity index (χ3n) is 4.06. The first kappa shape index (κ1) is 21.6. The van der Waals surface area contributed by atoms with E-state index >= 15 is 0 Å². The second-order valence-corrected chi connectivity index (χ2v) is 6.82. The van der Waals surface area contributed by atoms with Crippen LogP contribution < -0.4 is 10.1 Å². The Hall–Kier alpha value is -3.14. The normalized spacial score (nSPS) is 11.8. The van der Waals surface area contributed by atoms with Crippen molar-refractivity contribution < 1.29 is 27.4 Å². The minimum atomic E-state index is -4.64. The number of hydrogen-bond donors (Lipinski definition) is 1. The van der Waals surface area contributed by atoms with Crippen LogP contribution in [0.15, 0.2) is 36.5 Å². The summed E-state index contributed by atoms with van der Waals surface area (Å²) in [5.74, 6) is -0.421. The van der Waals surface area contributed by atoms with Crippen molar-refractivity contribution in [2.75, 3.05) is 19.0 Å². The van der Waals surface area contributed by atoms with Crippen molar-refractivity contribution >= 4 is 22.5 Å². The molecule has 1 amide bonds. The van der Waals surface area contributed by atoms with Crippen LogP contribution in [-0.2, 0) is 17.5 Å². The van der Waals surface area contributed by atoms with Crippen LogP contribution >= 0.6 is 0 Å². The SMILES string of the molecule is COCCn1cc2cc(NC(=O)c3cccc(C(F)(F)F)n3)c(OC(C)C)cc2n1. The monoisotopic (exact) mass is 422 g/mol. The molecule has 0 saturated carbocycles. The summed E-state index contributed by atoms with van der Waals surface area (Å²) in [7, 11) is 1.59. The predicted octanol–water partition coefficient (Wildman–Crippen LogP) is 4.14. The van der Waals surface area contributed by atoms with Gasteiger partial charge in [-0.15, -0.1) is 0 Å². The molecule has 1 aromatic carbocycles. The lowest BCUT2D eigenvalue weighted by Gasteiger charge is -2.15. The highest BCUT2D eigenvalue weighted by molar-refractivity contribution is 6.05. The fourth-order valence-corrected chi connectivity index (χ4v) is 2.76. The zero-order valence-corrected chi connectivity index (χ0v) is 16.7. The van der Waals surface area contributed by atoms with Gasteiger partial charge in [0, 0.05) is 24.8 Å². The largest absolute Gasteiger partial charge is 0.489 e. The number of rotatable bonds is 7. The number of alkyl halides is 3. The Morgan fingerprint density at radius 1 is 1.27 bits per heavy atom. The highest BCUT2D eigenvalue weighted by atomic mass is 19.4. The average molecular weight is 422 g/mol. The molecule has 0 aliphatic rings. The third kappa shape index (κ3) is 5.07. The molecule has 0 aliphatic heterocycles. The first-order valence-electron chi connectivity index (χ1n) is 9.20. The molecular formula is C20H21F3N4O3. The lowest BCUT2D eigenvalue weighted by atomic mass is 10.2. The summed E-state index contributed by atoms with van der Waals surface area (Å²) in [6.07, 6.45) is -3.05.